The van der Waals surface area contributed by atoms with Gasteiger partial charge >= 0.3 is 12.1 Å². The fourth-order valence-electron chi connectivity index (χ4n) is 2.04. The Morgan fingerprint density at radius 2 is 1.58 bits per heavy atom. The first kappa shape index (κ1) is 17.3. The van der Waals surface area contributed by atoms with Crippen molar-refractivity contribution in [3.8, 4) is 0 Å². The predicted molar refractivity (Wildman–Crippen MR) is 90.5 cm³/mol. The maximum atomic E-state index is 11.7. The highest BCUT2D eigenvalue weighted by Gasteiger charge is 2.17. The van der Waals surface area contributed by atoms with Gasteiger partial charge in [-0.1, -0.05) is 72.8 Å². The number of allylic oxidation sites excluding steroid dienone is 1. The molecule has 1 atom stereocenters. The van der Waals surface area contributed by atoms with Crippen LogP contribution in [0.3, 0.4) is 0 Å². The van der Waals surface area contributed by atoms with Crippen LogP contribution in [-0.4, -0.2) is 23.2 Å². The van der Waals surface area contributed by atoms with Crippen LogP contribution < -0.4 is 5.32 Å². The van der Waals surface area contributed by atoms with Gasteiger partial charge in [0.15, 0.2) is 0 Å². The summed E-state index contributed by atoms with van der Waals surface area (Å²) in [6.07, 6.45) is 2.98. The predicted octanol–water partition coefficient (Wildman–Crippen LogP) is 3.16. The van der Waals surface area contributed by atoms with E-state index in [-0.39, 0.29) is 6.61 Å². The van der Waals surface area contributed by atoms with Crippen LogP contribution in [0.2, 0.25) is 0 Å². The highest BCUT2D eigenvalue weighted by Crippen LogP contribution is 2.03. The molecule has 2 rings (SSSR count). The Bertz CT molecular complexity index is 683. The van der Waals surface area contributed by atoms with Crippen LogP contribution in [0.4, 0.5) is 4.79 Å². The van der Waals surface area contributed by atoms with Crippen molar-refractivity contribution in [3.63, 3.8) is 0 Å². The zero-order valence-electron chi connectivity index (χ0n) is 13.1. The monoisotopic (exact) mass is 325 g/mol. The van der Waals surface area contributed by atoms with Gasteiger partial charge in [-0.3, -0.25) is 0 Å². The van der Waals surface area contributed by atoms with Crippen molar-refractivity contribution in [3.05, 3.63) is 83.9 Å². The molecule has 2 N–H and O–H groups in total. The number of carbonyl (C=O) groups is 2. The molecular formula is C19H19NO4. The molecule has 2 aromatic rings. The molecule has 0 saturated carbocycles. The molecule has 24 heavy (non-hydrogen) atoms. The number of carboxylic acid groups (broad SMARTS) is 1. The molecule has 1 unspecified atom stereocenters. The Labute approximate surface area is 140 Å². The first-order valence-electron chi connectivity index (χ1n) is 7.56. The van der Waals surface area contributed by atoms with Crippen molar-refractivity contribution < 1.29 is 19.4 Å². The lowest BCUT2D eigenvalue weighted by molar-refractivity contribution is -0.138. The van der Waals surface area contributed by atoms with Crippen LogP contribution in [-0.2, 0) is 22.6 Å². The molecule has 0 aliphatic rings. The molecule has 0 heterocycles. The summed E-state index contributed by atoms with van der Waals surface area (Å²) in [4.78, 5) is 23.0. The highest BCUT2D eigenvalue weighted by atomic mass is 16.5. The number of benzene rings is 2. The van der Waals surface area contributed by atoms with Gasteiger partial charge in [0.1, 0.15) is 12.6 Å². The van der Waals surface area contributed by atoms with Gasteiger partial charge < -0.3 is 15.2 Å². The van der Waals surface area contributed by atoms with Gasteiger partial charge in [-0.15, -0.1) is 0 Å². The van der Waals surface area contributed by atoms with E-state index in [0.29, 0.717) is 6.42 Å². The SMILES string of the molecule is O=C(NC(/C=C/Cc1ccccc1)C(=O)O)OCc1ccccc1. The van der Waals surface area contributed by atoms with E-state index in [2.05, 4.69) is 5.32 Å². The second-order valence-corrected chi connectivity index (χ2v) is 5.14. The molecule has 1 amide bonds. The zero-order chi connectivity index (χ0) is 17.2. The molecule has 0 spiro atoms. The maximum Gasteiger partial charge on any atom is 0.408 e. The third-order valence-electron chi connectivity index (χ3n) is 3.28. The Morgan fingerprint density at radius 1 is 1.00 bits per heavy atom. The molecule has 0 fully saturated rings. The number of ether oxygens (including phenoxy) is 1. The summed E-state index contributed by atoms with van der Waals surface area (Å²) in [7, 11) is 0. The van der Waals surface area contributed by atoms with E-state index >= 15 is 0 Å². The van der Waals surface area contributed by atoms with Crippen LogP contribution in [0.5, 0.6) is 0 Å². The molecule has 0 aromatic heterocycles. The standard InChI is InChI=1S/C19H19NO4/c21-18(22)17(13-7-12-15-8-3-1-4-9-15)20-19(23)24-14-16-10-5-2-6-11-16/h1-11,13,17H,12,14H2,(H,20,23)(H,21,22)/b13-7+. The third kappa shape index (κ3) is 5.96. The molecule has 2 aromatic carbocycles. The molecule has 124 valence electrons. The molecule has 0 bridgehead atoms. The normalized spacial score (nSPS) is 11.8. The van der Waals surface area contributed by atoms with Gasteiger partial charge in [-0.25, -0.2) is 9.59 Å². The average molecular weight is 325 g/mol. The number of hydrogen-bond acceptors (Lipinski definition) is 3. The van der Waals surface area contributed by atoms with Crippen LogP contribution in [0, 0.1) is 0 Å². The van der Waals surface area contributed by atoms with Crippen molar-refractivity contribution in [2.75, 3.05) is 0 Å². The summed E-state index contributed by atoms with van der Waals surface area (Å²) in [5.41, 5.74) is 1.89. The quantitative estimate of drug-likeness (QED) is 0.767. The number of aliphatic carboxylic acids is 1. The van der Waals surface area contributed by atoms with Crippen molar-refractivity contribution in [1.29, 1.82) is 0 Å². The number of rotatable bonds is 7. The lowest BCUT2D eigenvalue weighted by Gasteiger charge is -2.11. The van der Waals surface area contributed by atoms with Crippen molar-refractivity contribution in [1.82, 2.24) is 5.32 Å². The van der Waals surface area contributed by atoms with Crippen LogP contribution in [0.1, 0.15) is 11.1 Å². The van der Waals surface area contributed by atoms with E-state index in [1.807, 2.05) is 60.7 Å². The molecule has 0 aliphatic carbocycles. The maximum absolute atomic E-state index is 11.7. The van der Waals surface area contributed by atoms with E-state index in [4.69, 9.17) is 4.74 Å². The van der Waals surface area contributed by atoms with E-state index in [0.717, 1.165) is 11.1 Å². The number of carboxylic acids is 1. The summed E-state index contributed by atoms with van der Waals surface area (Å²) < 4.78 is 5.03. The van der Waals surface area contributed by atoms with Gasteiger partial charge in [-0.2, -0.15) is 0 Å². The minimum atomic E-state index is -1.14. The van der Waals surface area contributed by atoms with Crippen LogP contribution in [0.15, 0.2) is 72.8 Å². The number of alkyl carbamates (subject to hydrolysis) is 1. The van der Waals surface area contributed by atoms with E-state index in [9.17, 15) is 14.7 Å². The minimum Gasteiger partial charge on any atom is -0.479 e. The second-order valence-electron chi connectivity index (χ2n) is 5.14. The Hall–Kier alpha value is -3.08. The van der Waals surface area contributed by atoms with Crippen molar-refractivity contribution in [2.45, 2.75) is 19.1 Å². The number of carbonyl (C=O) groups excluding carboxylic acids is 1. The third-order valence-corrected chi connectivity index (χ3v) is 3.28. The van der Waals surface area contributed by atoms with Gasteiger partial charge in [0.25, 0.3) is 0 Å². The smallest absolute Gasteiger partial charge is 0.408 e. The Morgan fingerprint density at radius 3 is 2.17 bits per heavy atom. The fraction of sp³-hybridized carbons (Fsp3) is 0.158. The molecular weight excluding hydrogens is 306 g/mol. The number of hydrogen-bond donors (Lipinski definition) is 2. The minimum absolute atomic E-state index is 0.0900. The summed E-state index contributed by atoms with van der Waals surface area (Å²) in [6, 6.07) is 17.7. The summed E-state index contributed by atoms with van der Waals surface area (Å²) in [5.74, 6) is -1.14. The van der Waals surface area contributed by atoms with Gasteiger partial charge in [0.2, 0.25) is 0 Å². The van der Waals surface area contributed by atoms with E-state index in [1.54, 1.807) is 6.08 Å². The summed E-state index contributed by atoms with van der Waals surface area (Å²) in [6.45, 7) is 0.0900. The molecule has 5 nitrogen and oxygen atoms in total. The summed E-state index contributed by atoms with van der Waals surface area (Å²) in [5, 5.41) is 11.5. The topological polar surface area (TPSA) is 75.6 Å². The second kappa shape index (κ2) is 9.15. The largest absolute Gasteiger partial charge is 0.479 e. The van der Waals surface area contributed by atoms with Crippen LogP contribution >= 0.6 is 0 Å². The lowest BCUT2D eigenvalue weighted by atomic mass is 10.1. The number of nitrogens with one attached hydrogen (secondary N) is 1. The van der Waals surface area contributed by atoms with Gasteiger partial charge in [0.05, 0.1) is 0 Å². The Balaban J connectivity index is 1.83. The van der Waals surface area contributed by atoms with Gasteiger partial charge in [-0.05, 0) is 17.5 Å². The first-order valence-corrected chi connectivity index (χ1v) is 7.56. The van der Waals surface area contributed by atoms with Crippen LogP contribution in [0.25, 0.3) is 0 Å². The fourth-order valence-corrected chi connectivity index (χ4v) is 2.04. The molecule has 0 aliphatic heterocycles. The van der Waals surface area contributed by atoms with Gasteiger partial charge in [0, 0.05) is 0 Å². The zero-order valence-corrected chi connectivity index (χ0v) is 13.1. The highest BCUT2D eigenvalue weighted by molar-refractivity contribution is 5.81. The molecule has 5 heteroatoms. The van der Waals surface area contributed by atoms with Crippen molar-refractivity contribution in [2.24, 2.45) is 0 Å². The van der Waals surface area contributed by atoms with E-state index < -0.39 is 18.1 Å². The Kier molecular flexibility index (Phi) is 6.58. The average Bonchev–Trinajstić information content (AvgIpc) is 2.61. The lowest BCUT2D eigenvalue weighted by Crippen LogP contribution is -2.39. The molecule has 0 saturated heterocycles. The molecule has 0 radical (unpaired) electrons. The number of amides is 1. The first-order chi connectivity index (χ1) is 11.6. The van der Waals surface area contributed by atoms with E-state index in [1.165, 1.54) is 6.08 Å². The summed E-state index contributed by atoms with van der Waals surface area (Å²) >= 11 is 0. The van der Waals surface area contributed by atoms with Crippen molar-refractivity contribution >= 4 is 12.1 Å².